The summed E-state index contributed by atoms with van der Waals surface area (Å²) in [6, 6.07) is 7.66. The molecule has 2 aliphatic heterocycles. The number of hydrogen-bond donors (Lipinski definition) is 2. The van der Waals surface area contributed by atoms with Crippen molar-refractivity contribution < 1.29 is 23.8 Å². The van der Waals surface area contributed by atoms with Gasteiger partial charge in [0.15, 0.2) is 11.6 Å². The summed E-state index contributed by atoms with van der Waals surface area (Å²) in [5.74, 6) is -0.326. The highest BCUT2D eigenvalue weighted by atomic mass is 19.1. The number of nitrogens with one attached hydrogen (secondary N) is 1. The quantitative estimate of drug-likeness (QED) is 0.379. The van der Waals surface area contributed by atoms with Crippen molar-refractivity contribution >= 4 is 22.8 Å². The Labute approximate surface area is 219 Å². The molecule has 1 saturated heterocycles. The molecule has 1 aromatic carbocycles. The fourth-order valence-electron chi connectivity index (χ4n) is 5.55. The molecule has 3 aromatic heterocycles. The van der Waals surface area contributed by atoms with E-state index >= 15 is 4.39 Å². The van der Waals surface area contributed by atoms with Crippen molar-refractivity contribution in [2.24, 2.45) is 7.05 Å². The number of nitrogens with zero attached hydrogens (tertiary/aromatic N) is 3. The maximum absolute atomic E-state index is 15.3. The second-order valence-electron chi connectivity index (χ2n) is 10.0. The number of benzene rings is 1. The number of carboxylic acid groups (broad SMARTS) is 1. The first-order valence-electron chi connectivity index (χ1n) is 12.8. The van der Waals surface area contributed by atoms with Crippen LogP contribution < -0.4 is 10.1 Å². The molecule has 0 aliphatic carbocycles. The van der Waals surface area contributed by atoms with E-state index in [1.165, 1.54) is 6.07 Å². The van der Waals surface area contributed by atoms with Gasteiger partial charge in [0, 0.05) is 35.5 Å². The Morgan fingerprint density at radius 3 is 2.82 bits per heavy atom. The van der Waals surface area contributed by atoms with Crippen molar-refractivity contribution in [1.82, 2.24) is 14.5 Å². The molecule has 2 N–H and O–H groups in total. The molecule has 9 heteroatoms. The van der Waals surface area contributed by atoms with Gasteiger partial charge < -0.3 is 24.5 Å². The summed E-state index contributed by atoms with van der Waals surface area (Å²) in [5.41, 5.74) is 6.87. The number of hydrogen-bond acceptors (Lipinski definition) is 6. The van der Waals surface area contributed by atoms with Gasteiger partial charge in [-0.25, -0.2) is 14.4 Å². The minimum atomic E-state index is -0.962. The van der Waals surface area contributed by atoms with Crippen molar-refractivity contribution in [3.8, 4) is 28.1 Å². The zero-order valence-corrected chi connectivity index (χ0v) is 21.6. The molecule has 0 saturated carbocycles. The summed E-state index contributed by atoms with van der Waals surface area (Å²) in [6.45, 7) is 5.57. The molecule has 0 bridgehead atoms. The van der Waals surface area contributed by atoms with Gasteiger partial charge in [-0.15, -0.1) is 0 Å². The van der Waals surface area contributed by atoms with Gasteiger partial charge in [0.25, 0.3) is 0 Å². The number of carbonyl (C=O) groups is 1. The third-order valence-electron chi connectivity index (χ3n) is 7.56. The van der Waals surface area contributed by atoms with Gasteiger partial charge in [-0.3, -0.25) is 4.79 Å². The lowest BCUT2D eigenvalue weighted by molar-refractivity contribution is -0.136. The highest BCUT2D eigenvalue weighted by Gasteiger charge is 2.26. The van der Waals surface area contributed by atoms with Gasteiger partial charge in [-0.05, 0) is 73.2 Å². The number of pyridine rings is 2. The topological polar surface area (TPSA) is 98.5 Å². The molecule has 0 unspecified atom stereocenters. The van der Waals surface area contributed by atoms with Crippen LogP contribution in [0.15, 0.2) is 30.5 Å². The van der Waals surface area contributed by atoms with Crippen LogP contribution in [0.3, 0.4) is 0 Å². The summed E-state index contributed by atoms with van der Waals surface area (Å²) in [7, 11) is 1.94. The van der Waals surface area contributed by atoms with Crippen molar-refractivity contribution in [3.63, 3.8) is 0 Å². The average molecular weight is 517 g/mol. The zero-order valence-electron chi connectivity index (χ0n) is 21.6. The monoisotopic (exact) mass is 516 g/mol. The van der Waals surface area contributed by atoms with Gasteiger partial charge in [-0.2, -0.15) is 0 Å². The van der Waals surface area contributed by atoms with Crippen LogP contribution in [0.5, 0.6) is 5.75 Å². The number of rotatable bonds is 6. The van der Waals surface area contributed by atoms with Crippen LogP contribution in [-0.2, 0) is 29.4 Å². The minimum absolute atomic E-state index is 0.213. The van der Waals surface area contributed by atoms with E-state index in [9.17, 15) is 9.90 Å². The van der Waals surface area contributed by atoms with Gasteiger partial charge in [0.05, 0.1) is 38.0 Å². The first-order valence-corrected chi connectivity index (χ1v) is 12.8. The summed E-state index contributed by atoms with van der Waals surface area (Å²) in [5, 5.41) is 13.9. The Balaban J connectivity index is 1.58. The molecular weight excluding hydrogens is 487 g/mol. The summed E-state index contributed by atoms with van der Waals surface area (Å²) < 4.78 is 28.3. The predicted octanol–water partition coefficient (Wildman–Crippen LogP) is 4.82. The van der Waals surface area contributed by atoms with Crippen LogP contribution >= 0.6 is 0 Å². The van der Waals surface area contributed by atoms with Crippen LogP contribution in [0.1, 0.15) is 28.8 Å². The molecule has 38 heavy (non-hydrogen) atoms. The molecule has 2 aliphatic rings. The number of halogens is 1. The number of aliphatic carboxylic acids is 1. The van der Waals surface area contributed by atoms with E-state index in [-0.39, 0.29) is 12.5 Å². The molecule has 0 amide bonds. The van der Waals surface area contributed by atoms with Crippen LogP contribution in [0.2, 0.25) is 0 Å². The molecule has 0 atom stereocenters. The summed E-state index contributed by atoms with van der Waals surface area (Å²) in [4.78, 5) is 21.2. The lowest BCUT2D eigenvalue weighted by atomic mass is 9.87. The molecule has 6 rings (SSSR count). The largest absolute Gasteiger partial charge is 0.490 e. The Morgan fingerprint density at radius 1 is 1.26 bits per heavy atom. The molecule has 4 aromatic rings. The molecule has 8 nitrogen and oxygen atoms in total. The fourth-order valence-corrected chi connectivity index (χ4v) is 5.55. The van der Waals surface area contributed by atoms with E-state index in [0.717, 1.165) is 40.0 Å². The van der Waals surface area contributed by atoms with Crippen LogP contribution in [0.4, 0.5) is 10.2 Å². The average Bonchev–Trinajstić information content (AvgIpc) is 3.20. The molecule has 0 spiro atoms. The maximum Gasteiger partial charge on any atom is 0.307 e. The van der Waals surface area contributed by atoms with Crippen molar-refractivity contribution in [1.29, 1.82) is 0 Å². The Hall–Kier alpha value is -3.98. The van der Waals surface area contributed by atoms with Gasteiger partial charge in [0.1, 0.15) is 11.5 Å². The van der Waals surface area contributed by atoms with Gasteiger partial charge >= 0.3 is 5.97 Å². The highest BCUT2D eigenvalue weighted by Crippen LogP contribution is 2.43. The summed E-state index contributed by atoms with van der Waals surface area (Å²) in [6.07, 6.45) is 3.07. The third kappa shape index (κ3) is 4.07. The Morgan fingerprint density at radius 2 is 2.08 bits per heavy atom. The number of anilines is 1. The van der Waals surface area contributed by atoms with Crippen molar-refractivity contribution in [2.45, 2.75) is 39.2 Å². The van der Waals surface area contributed by atoms with E-state index in [1.54, 1.807) is 6.20 Å². The van der Waals surface area contributed by atoms with E-state index < -0.39 is 11.8 Å². The minimum Gasteiger partial charge on any atom is -0.490 e. The number of carboxylic acids is 1. The highest BCUT2D eigenvalue weighted by molar-refractivity contribution is 6.01. The van der Waals surface area contributed by atoms with Crippen molar-refractivity contribution in [2.75, 3.05) is 25.1 Å². The predicted molar refractivity (Wildman–Crippen MR) is 142 cm³/mol. The number of fused-ring (bicyclic) bond motifs is 2. The smallest absolute Gasteiger partial charge is 0.307 e. The summed E-state index contributed by atoms with van der Waals surface area (Å²) >= 11 is 0. The number of ether oxygens (including phenoxy) is 2. The SMILES string of the molecule is Cc1nc2c(cc(-c3ccnc(NC4COC4)c3)n2C)c(-c2cc(F)c3c(c2C)CCCO3)c1CC(=O)O. The molecule has 1 fully saturated rings. The van der Waals surface area contributed by atoms with Crippen molar-refractivity contribution in [3.05, 3.63) is 58.7 Å². The zero-order chi connectivity index (χ0) is 26.6. The van der Waals surface area contributed by atoms with E-state index in [1.807, 2.05) is 43.7 Å². The van der Waals surface area contributed by atoms with Crippen LogP contribution in [0, 0.1) is 19.7 Å². The number of aromatic nitrogens is 3. The van der Waals surface area contributed by atoms with Gasteiger partial charge in [0.2, 0.25) is 0 Å². The normalized spacial score (nSPS) is 15.2. The number of aryl methyl sites for hydroxylation is 2. The fraction of sp³-hybridized carbons (Fsp3) is 0.345. The standard InChI is InChI=1S/C29H29FN4O4/c1-15-19-5-4-8-38-28(19)23(30)10-20(15)27-21(12-26(35)36)16(2)32-29-22(27)11-24(34(29)3)17-6-7-31-25(9-17)33-18-13-37-14-18/h6-7,9-11,18H,4-5,8,12-14H2,1-3H3,(H,31,33)(H,35,36). The Kier molecular flexibility index (Phi) is 6.03. The van der Waals surface area contributed by atoms with E-state index in [2.05, 4.69) is 10.3 Å². The molecule has 5 heterocycles. The maximum atomic E-state index is 15.3. The van der Waals surface area contributed by atoms with E-state index in [4.69, 9.17) is 14.5 Å². The molecule has 0 radical (unpaired) electrons. The third-order valence-corrected chi connectivity index (χ3v) is 7.56. The molecule has 196 valence electrons. The lowest BCUT2D eigenvalue weighted by Crippen LogP contribution is -2.40. The lowest BCUT2D eigenvalue weighted by Gasteiger charge is -2.27. The van der Waals surface area contributed by atoms with E-state index in [0.29, 0.717) is 60.0 Å². The van der Waals surface area contributed by atoms with Gasteiger partial charge in [-0.1, -0.05) is 0 Å². The van der Waals surface area contributed by atoms with Crippen LogP contribution in [-0.4, -0.2) is 51.5 Å². The molecular formula is C29H29FN4O4. The second-order valence-corrected chi connectivity index (χ2v) is 10.0. The second kappa shape index (κ2) is 9.40. The van der Waals surface area contributed by atoms with Crippen LogP contribution in [0.25, 0.3) is 33.4 Å². The Bertz CT molecular complexity index is 1590. The first kappa shape index (κ1) is 24.4. The first-order chi connectivity index (χ1) is 18.3.